The van der Waals surface area contributed by atoms with Crippen LogP contribution in [0.3, 0.4) is 0 Å². The van der Waals surface area contributed by atoms with Crippen LogP contribution in [0.15, 0.2) is 24.5 Å². The lowest BCUT2D eigenvalue weighted by Crippen LogP contribution is -2.34. The zero-order valence-electron chi connectivity index (χ0n) is 11.8. The number of aromatic nitrogens is 2. The number of hydrogen-bond acceptors (Lipinski definition) is 3. The van der Waals surface area contributed by atoms with Crippen molar-refractivity contribution < 1.29 is 9.90 Å². The Morgan fingerprint density at radius 1 is 1.55 bits per heavy atom. The number of nitrogens with zero attached hydrogens (tertiary/aromatic N) is 3. The van der Waals surface area contributed by atoms with Crippen LogP contribution in [-0.2, 0) is 6.54 Å². The Kier molecular flexibility index (Phi) is 3.22. The first-order chi connectivity index (χ1) is 9.56. The molecule has 20 heavy (non-hydrogen) atoms. The van der Waals surface area contributed by atoms with E-state index in [-0.39, 0.29) is 5.56 Å². The second kappa shape index (κ2) is 4.90. The summed E-state index contributed by atoms with van der Waals surface area (Å²) < 4.78 is 2.10. The van der Waals surface area contributed by atoms with E-state index in [1.165, 1.54) is 12.8 Å². The first-order valence-electron chi connectivity index (χ1n) is 6.96. The molecular formula is C15H19N3O2. The highest BCUT2D eigenvalue weighted by Crippen LogP contribution is 2.27. The summed E-state index contributed by atoms with van der Waals surface area (Å²) in [5.41, 5.74) is 2.02. The molecule has 0 amide bonds. The van der Waals surface area contributed by atoms with E-state index in [1.807, 2.05) is 6.07 Å². The Morgan fingerprint density at radius 3 is 2.95 bits per heavy atom. The van der Waals surface area contributed by atoms with Crippen molar-refractivity contribution in [3.8, 4) is 0 Å². The molecule has 1 saturated carbocycles. The predicted molar refractivity (Wildman–Crippen MR) is 76.9 cm³/mol. The van der Waals surface area contributed by atoms with Crippen molar-refractivity contribution in [2.45, 2.75) is 38.4 Å². The first-order valence-corrected chi connectivity index (χ1v) is 6.96. The van der Waals surface area contributed by atoms with Gasteiger partial charge in [0.05, 0.1) is 22.9 Å². The van der Waals surface area contributed by atoms with E-state index in [0.29, 0.717) is 6.04 Å². The van der Waals surface area contributed by atoms with Crippen molar-refractivity contribution in [1.29, 1.82) is 0 Å². The third-order valence-electron chi connectivity index (χ3n) is 4.15. The molecule has 1 fully saturated rings. The van der Waals surface area contributed by atoms with E-state index in [0.717, 1.165) is 23.6 Å². The van der Waals surface area contributed by atoms with Crippen LogP contribution < -0.4 is 0 Å². The SMILES string of the molecule is CC(Cn1cnc2cc(C(=O)O)ccc21)N(C)C1CC1. The molecule has 0 bridgehead atoms. The number of likely N-dealkylation sites (N-methyl/N-ethyl adjacent to an activating group) is 1. The molecule has 2 aromatic rings. The van der Waals surface area contributed by atoms with Gasteiger partial charge in [0.2, 0.25) is 0 Å². The van der Waals surface area contributed by atoms with Crippen LogP contribution in [0.2, 0.25) is 0 Å². The summed E-state index contributed by atoms with van der Waals surface area (Å²) >= 11 is 0. The number of fused-ring (bicyclic) bond motifs is 1. The van der Waals surface area contributed by atoms with Crippen LogP contribution in [0.1, 0.15) is 30.1 Å². The van der Waals surface area contributed by atoms with Crippen molar-refractivity contribution >= 4 is 17.0 Å². The van der Waals surface area contributed by atoms with Crippen molar-refractivity contribution in [1.82, 2.24) is 14.5 Å². The lowest BCUT2D eigenvalue weighted by molar-refractivity contribution is 0.0697. The van der Waals surface area contributed by atoms with Gasteiger partial charge in [-0.2, -0.15) is 0 Å². The first kappa shape index (κ1) is 13.1. The summed E-state index contributed by atoms with van der Waals surface area (Å²) in [6, 6.07) is 6.29. The van der Waals surface area contributed by atoms with Crippen LogP contribution in [-0.4, -0.2) is 44.7 Å². The summed E-state index contributed by atoms with van der Waals surface area (Å²) in [7, 11) is 2.17. The van der Waals surface area contributed by atoms with Crippen molar-refractivity contribution in [2.24, 2.45) is 0 Å². The molecule has 5 nitrogen and oxygen atoms in total. The Hall–Kier alpha value is -1.88. The lowest BCUT2D eigenvalue weighted by Gasteiger charge is -2.24. The van der Waals surface area contributed by atoms with E-state index in [9.17, 15) is 4.79 Å². The minimum atomic E-state index is -0.914. The van der Waals surface area contributed by atoms with Crippen molar-refractivity contribution in [3.05, 3.63) is 30.1 Å². The minimum Gasteiger partial charge on any atom is -0.478 e. The van der Waals surface area contributed by atoms with Gasteiger partial charge in [0.15, 0.2) is 0 Å². The van der Waals surface area contributed by atoms with Gasteiger partial charge < -0.3 is 9.67 Å². The van der Waals surface area contributed by atoms with Gasteiger partial charge in [-0.3, -0.25) is 4.90 Å². The Morgan fingerprint density at radius 2 is 2.30 bits per heavy atom. The lowest BCUT2D eigenvalue weighted by atomic mass is 10.2. The maximum atomic E-state index is 11.0. The van der Waals surface area contributed by atoms with Crippen molar-refractivity contribution in [2.75, 3.05) is 7.05 Å². The average molecular weight is 273 g/mol. The fraction of sp³-hybridized carbons (Fsp3) is 0.467. The molecule has 1 atom stereocenters. The third kappa shape index (κ3) is 2.41. The number of imidazole rings is 1. The van der Waals surface area contributed by atoms with Gasteiger partial charge in [-0.05, 0) is 45.0 Å². The van der Waals surface area contributed by atoms with Crippen LogP contribution in [0.5, 0.6) is 0 Å². The van der Waals surface area contributed by atoms with E-state index in [4.69, 9.17) is 5.11 Å². The number of hydrogen-bond donors (Lipinski definition) is 1. The van der Waals surface area contributed by atoms with Gasteiger partial charge >= 0.3 is 5.97 Å². The quantitative estimate of drug-likeness (QED) is 0.907. The van der Waals surface area contributed by atoms with E-state index in [1.54, 1.807) is 18.5 Å². The maximum Gasteiger partial charge on any atom is 0.335 e. The number of carboxylic acids is 1. The molecule has 1 N–H and O–H groups in total. The molecular weight excluding hydrogens is 254 g/mol. The fourth-order valence-corrected chi connectivity index (χ4v) is 2.60. The molecule has 1 aromatic carbocycles. The van der Waals surface area contributed by atoms with Crippen LogP contribution in [0, 0.1) is 0 Å². The Balaban J connectivity index is 1.83. The normalized spacial score (nSPS) is 16.8. The van der Waals surface area contributed by atoms with Gasteiger partial charge in [-0.1, -0.05) is 0 Å². The Labute approximate surface area is 117 Å². The number of benzene rings is 1. The minimum absolute atomic E-state index is 0.283. The second-order valence-electron chi connectivity index (χ2n) is 5.65. The summed E-state index contributed by atoms with van der Waals surface area (Å²) in [4.78, 5) is 17.7. The van der Waals surface area contributed by atoms with E-state index in [2.05, 4.69) is 28.4 Å². The van der Waals surface area contributed by atoms with E-state index < -0.39 is 5.97 Å². The number of rotatable bonds is 5. The van der Waals surface area contributed by atoms with Gasteiger partial charge in [0.25, 0.3) is 0 Å². The molecule has 5 heteroatoms. The topological polar surface area (TPSA) is 58.4 Å². The molecule has 1 aromatic heterocycles. The standard InChI is InChI=1S/C15H19N3O2/c1-10(17(2)12-4-5-12)8-18-9-16-13-7-11(15(19)20)3-6-14(13)18/h3,6-7,9-10,12H,4-5,8H2,1-2H3,(H,19,20). The molecule has 0 aliphatic heterocycles. The number of aromatic carboxylic acids is 1. The highest BCUT2D eigenvalue weighted by molar-refractivity contribution is 5.92. The molecule has 1 heterocycles. The zero-order chi connectivity index (χ0) is 14.3. The average Bonchev–Trinajstić information content (AvgIpc) is 3.20. The monoisotopic (exact) mass is 273 g/mol. The molecule has 0 spiro atoms. The van der Waals surface area contributed by atoms with Crippen LogP contribution >= 0.6 is 0 Å². The molecule has 3 rings (SSSR count). The summed E-state index contributed by atoms with van der Waals surface area (Å²) in [5.74, 6) is -0.914. The largest absolute Gasteiger partial charge is 0.478 e. The second-order valence-corrected chi connectivity index (χ2v) is 5.65. The highest BCUT2D eigenvalue weighted by Gasteiger charge is 2.29. The van der Waals surface area contributed by atoms with Crippen LogP contribution in [0.4, 0.5) is 0 Å². The number of carboxylic acid groups (broad SMARTS) is 1. The molecule has 0 saturated heterocycles. The fourth-order valence-electron chi connectivity index (χ4n) is 2.60. The summed E-state index contributed by atoms with van der Waals surface area (Å²) in [5, 5.41) is 9.00. The van der Waals surface area contributed by atoms with Crippen molar-refractivity contribution in [3.63, 3.8) is 0 Å². The smallest absolute Gasteiger partial charge is 0.335 e. The zero-order valence-corrected chi connectivity index (χ0v) is 11.8. The maximum absolute atomic E-state index is 11.0. The molecule has 1 aliphatic carbocycles. The van der Waals surface area contributed by atoms with Gasteiger partial charge in [0.1, 0.15) is 0 Å². The molecule has 1 unspecified atom stereocenters. The molecule has 106 valence electrons. The predicted octanol–water partition coefficient (Wildman–Crippen LogP) is 2.22. The summed E-state index contributed by atoms with van der Waals surface area (Å²) in [6.07, 6.45) is 4.40. The molecule has 0 radical (unpaired) electrons. The van der Waals surface area contributed by atoms with Gasteiger partial charge in [-0.25, -0.2) is 9.78 Å². The van der Waals surface area contributed by atoms with E-state index >= 15 is 0 Å². The highest BCUT2D eigenvalue weighted by atomic mass is 16.4. The molecule has 1 aliphatic rings. The van der Waals surface area contributed by atoms with Crippen LogP contribution in [0.25, 0.3) is 11.0 Å². The third-order valence-corrected chi connectivity index (χ3v) is 4.15. The number of carbonyl (C=O) groups is 1. The Bertz CT molecular complexity index is 646. The summed E-state index contributed by atoms with van der Waals surface area (Å²) in [6.45, 7) is 3.09. The van der Waals surface area contributed by atoms with Gasteiger partial charge in [-0.15, -0.1) is 0 Å². The van der Waals surface area contributed by atoms with Gasteiger partial charge in [0, 0.05) is 18.6 Å².